The van der Waals surface area contributed by atoms with Gasteiger partial charge in [0.2, 0.25) is 17.2 Å². The van der Waals surface area contributed by atoms with Gasteiger partial charge < -0.3 is 33.7 Å². The molecule has 41 heavy (non-hydrogen) atoms. The van der Waals surface area contributed by atoms with E-state index < -0.39 is 35.0 Å². The number of dihydropyridines is 1. The molecule has 3 aliphatic rings. The van der Waals surface area contributed by atoms with Crippen LogP contribution in [0.2, 0.25) is 5.02 Å². The monoisotopic (exact) mass is 583 g/mol. The second-order valence-corrected chi connectivity index (χ2v) is 10.4. The highest BCUT2D eigenvalue weighted by atomic mass is 35.5. The molecule has 2 heterocycles. The molecule has 5 rings (SSSR count). The normalized spacial score (nSPS) is 23.0. The van der Waals surface area contributed by atoms with Crippen LogP contribution < -0.4 is 29.0 Å². The van der Waals surface area contributed by atoms with E-state index in [9.17, 15) is 14.4 Å². The summed E-state index contributed by atoms with van der Waals surface area (Å²) >= 11 is 6.59. The Kier molecular flexibility index (Phi) is 7.15. The minimum Gasteiger partial charge on any atom is -0.496 e. The van der Waals surface area contributed by atoms with E-state index in [0.717, 1.165) is 0 Å². The van der Waals surface area contributed by atoms with Crippen LogP contribution in [0.1, 0.15) is 42.1 Å². The molecule has 10 nitrogen and oxygen atoms in total. The standard InChI is InChI=1S/C30H30ClNO9/c1-13-10-16-23(27(33)30(13)28(34)24-19(38-5)12-20(39-6)25(31)26(24)41-30)22(21(14(2)32-16)29(35)40-7)15-8-9-17(36-3)18(11-15)37-4/h8-9,11-13,22,32H,10H2,1-7H3/t13-,22?,30+/m1/s1. The van der Waals surface area contributed by atoms with Gasteiger partial charge in [0.1, 0.15) is 22.1 Å². The van der Waals surface area contributed by atoms with Crippen molar-refractivity contribution in [2.75, 3.05) is 35.5 Å². The van der Waals surface area contributed by atoms with Crippen LogP contribution in [0, 0.1) is 5.92 Å². The van der Waals surface area contributed by atoms with Crippen molar-refractivity contribution < 1.29 is 42.8 Å². The van der Waals surface area contributed by atoms with Crippen LogP contribution in [-0.2, 0) is 14.3 Å². The van der Waals surface area contributed by atoms with Crippen LogP contribution in [0.5, 0.6) is 28.7 Å². The van der Waals surface area contributed by atoms with Gasteiger partial charge in [0.05, 0.1) is 41.1 Å². The third kappa shape index (κ3) is 3.95. The summed E-state index contributed by atoms with van der Waals surface area (Å²) in [6.07, 6.45) is 0.271. The quantitative estimate of drug-likeness (QED) is 0.387. The van der Waals surface area contributed by atoms with Crippen LogP contribution in [0.15, 0.2) is 46.8 Å². The lowest BCUT2D eigenvalue weighted by molar-refractivity contribution is -0.136. The van der Waals surface area contributed by atoms with E-state index in [4.69, 9.17) is 40.0 Å². The molecule has 0 bridgehead atoms. The molecular weight excluding hydrogens is 554 g/mol. The summed E-state index contributed by atoms with van der Waals surface area (Å²) in [5, 5.41) is 3.29. The second kappa shape index (κ2) is 10.3. The zero-order valence-electron chi connectivity index (χ0n) is 23.7. The highest BCUT2D eigenvalue weighted by molar-refractivity contribution is 6.36. The fourth-order valence-corrected chi connectivity index (χ4v) is 6.29. The number of halogens is 1. The summed E-state index contributed by atoms with van der Waals surface area (Å²) in [6, 6.07) is 6.62. The van der Waals surface area contributed by atoms with Crippen molar-refractivity contribution in [2.24, 2.45) is 5.92 Å². The maximum atomic E-state index is 14.8. The first-order chi connectivity index (χ1) is 19.6. The third-order valence-electron chi connectivity index (χ3n) is 8.00. The summed E-state index contributed by atoms with van der Waals surface area (Å²) in [5.41, 5.74) is 0.224. The number of ether oxygens (including phenoxy) is 6. The minimum absolute atomic E-state index is 0.0171. The number of Topliss-reactive ketones (excluding diaryl/α,β-unsaturated/α-hetero) is 2. The molecule has 0 saturated heterocycles. The van der Waals surface area contributed by atoms with E-state index in [1.807, 2.05) is 0 Å². The van der Waals surface area contributed by atoms with Gasteiger partial charge >= 0.3 is 5.97 Å². The average molecular weight is 584 g/mol. The van der Waals surface area contributed by atoms with Crippen LogP contribution >= 0.6 is 11.6 Å². The summed E-state index contributed by atoms with van der Waals surface area (Å²) in [5.74, 6) is -2.00. The summed E-state index contributed by atoms with van der Waals surface area (Å²) in [7, 11) is 7.11. The van der Waals surface area contributed by atoms with Crippen LogP contribution in [-0.4, -0.2) is 58.7 Å². The number of ketones is 2. The molecule has 2 aliphatic heterocycles. The van der Waals surface area contributed by atoms with Crippen molar-refractivity contribution in [1.29, 1.82) is 0 Å². The number of esters is 1. The Morgan fingerprint density at radius 2 is 1.61 bits per heavy atom. The molecule has 2 aromatic rings. The Morgan fingerprint density at radius 3 is 2.22 bits per heavy atom. The fraction of sp³-hybridized carbons (Fsp3) is 0.367. The van der Waals surface area contributed by atoms with Crippen molar-refractivity contribution in [3.05, 3.63) is 63.0 Å². The number of fused-ring (bicyclic) bond motifs is 1. The highest BCUT2D eigenvalue weighted by Crippen LogP contribution is 2.56. The van der Waals surface area contributed by atoms with E-state index in [1.54, 1.807) is 32.0 Å². The third-order valence-corrected chi connectivity index (χ3v) is 8.35. The number of rotatable bonds is 6. The first kappa shape index (κ1) is 28.4. The second-order valence-electron chi connectivity index (χ2n) is 10.00. The van der Waals surface area contributed by atoms with Crippen LogP contribution in [0.4, 0.5) is 0 Å². The van der Waals surface area contributed by atoms with E-state index in [2.05, 4.69) is 5.32 Å². The molecule has 0 saturated carbocycles. The van der Waals surface area contributed by atoms with Crippen molar-refractivity contribution in [1.82, 2.24) is 5.32 Å². The lowest BCUT2D eigenvalue weighted by atomic mass is 9.65. The van der Waals surface area contributed by atoms with Crippen molar-refractivity contribution in [3.63, 3.8) is 0 Å². The molecular formula is C30H30ClNO9. The molecule has 2 aromatic carbocycles. The number of hydrogen-bond donors (Lipinski definition) is 1. The molecule has 1 N–H and O–H groups in total. The minimum atomic E-state index is -1.95. The van der Waals surface area contributed by atoms with Gasteiger partial charge in [-0.1, -0.05) is 24.6 Å². The maximum absolute atomic E-state index is 14.8. The lowest BCUT2D eigenvalue weighted by Crippen LogP contribution is -2.58. The molecule has 0 amide bonds. The topological polar surface area (TPSA) is 119 Å². The zero-order chi connectivity index (χ0) is 29.8. The fourth-order valence-electron chi connectivity index (χ4n) is 6.02. The molecule has 0 fully saturated rings. The van der Waals surface area contributed by atoms with Crippen LogP contribution in [0.3, 0.4) is 0 Å². The van der Waals surface area contributed by atoms with Gasteiger partial charge in [0.25, 0.3) is 0 Å². The highest BCUT2D eigenvalue weighted by Gasteiger charge is 2.63. The van der Waals surface area contributed by atoms with Crippen molar-refractivity contribution in [2.45, 2.75) is 31.8 Å². The van der Waals surface area contributed by atoms with Gasteiger partial charge in [0, 0.05) is 34.9 Å². The average Bonchev–Trinajstić information content (AvgIpc) is 3.29. The van der Waals surface area contributed by atoms with Crippen molar-refractivity contribution in [3.8, 4) is 28.7 Å². The number of allylic oxidation sites excluding steroid dienone is 2. The molecule has 3 atom stereocenters. The van der Waals surface area contributed by atoms with Gasteiger partial charge in [-0.15, -0.1) is 0 Å². The van der Waals surface area contributed by atoms with E-state index in [0.29, 0.717) is 28.5 Å². The summed E-state index contributed by atoms with van der Waals surface area (Å²) in [4.78, 5) is 42.2. The molecule has 11 heteroatoms. The molecule has 1 unspecified atom stereocenters. The number of methoxy groups -OCH3 is 5. The summed E-state index contributed by atoms with van der Waals surface area (Å²) in [6.45, 7) is 3.51. The van der Waals surface area contributed by atoms with Gasteiger partial charge in [-0.3, -0.25) is 9.59 Å². The number of hydrogen-bond acceptors (Lipinski definition) is 10. The zero-order valence-corrected chi connectivity index (χ0v) is 24.5. The van der Waals surface area contributed by atoms with Crippen LogP contribution in [0.25, 0.3) is 0 Å². The predicted octanol–water partition coefficient (Wildman–Crippen LogP) is 4.39. The SMILES string of the molecule is COC(=O)C1=C(C)NC2=C(C(=O)[C@@]3(Oc4c(Cl)c(OC)cc(OC)c4C3=O)[C@H](C)C2)C1c1ccc(OC)c(OC)c1. The van der Waals surface area contributed by atoms with Gasteiger partial charge in [-0.2, -0.15) is 0 Å². The number of benzene rings is 2. The predicted molar refractivity (Wildman–Crippen MR) is 148 cm³/mol. The Morgan fingerprint density at radius 1 is 0.951 bits per heavy atom. The first-order valence-electron chi connectivity index (χ1n) is 12.8. The summed E-state index contributed by atoms with van der Waals surface area (Å²) < 4.78 is 33.2. The van der Waals surface area contributed by atoms with Gasteiger partial charge in [-0.25, -0.2) is 4.79 Å². The first-order valence-corrected chi connectivity index (χ1v) is 13.2. The molecule has 1 spiro atoms. The molecule has 0 aromatic heterocycles. The van der Waals surface area contributed by atoms with Crippen molar-refractivity contribution >= 4 is 29.1 Å². The van der Waals surface area contributed by atoms with Gasteiger partial charge in [-0.05, 0) is 31.0 Å². The Hall–Kier alpha value is -4.18. The number of nitrogens with one attached hydrogen (secondary N) is 1. The largest absolute Gasteiger partial charge is 0.496 e. The van der Waals surface area contributed by atoms with E-state index >= 15 is 0 Å². The van der Waals surface area contributed by atoms with Gasteiger partial charge in [0.15, 0.2) is 17.2 Å². The molecule has 0 radical (unpaired) electrons. The molecule has 1 aliphatic carbocycles. The smallest absolute Gasteiger partial charge is 0.336 e. The molecule has 216 valence electrons. The lowest BCUT2D eigenvalue weighted by Gasteiger charge is -2.42. The Labute approximate surface area is 242 Å². The Bertz CT molecular complexity index is 1560. The van der Waals surface area contributed by atoms with E-state index in [-0.39, 0.29) is 45.4 Å². The Balaban J connectivity index is 1.73. The van der Waals surface area contributed by atoms with E-state index in [1.165, 1.54) is 41.6 Å². The number of carbonyl (C=O) groups is 3. The maximum Gasteiger partial charge on any atom is 0.336 e. The number of carbonyl (C=O) groups excluding carboxylic acids is 3.